The van der Waals surface area contributed by atoms with Gasteiger partial charge in [0.2, 0.25) is 0 Å². The van der Waals surface area contributed by atoms with Crippen molar-refractivity contribution in [2.45, 2.75) is 12.6 Å². The van der Waals surface area contributed by atoms with Crippen molar-refractivity contribution in [1.29, 1.82) is 5.26 Å². The van der Waals surface area contributed by atoms with Crippen LogP contribution in [0.1, 0.15) is 11.1 Å². The highest BCUT2D eigenvalue weighted by atomic mass is 32.1. The number of nitriles is 1. The largest absolute Gasteiger partial charge is 0.460 e. The zero-order valence-electron chi connectivity index (χ0n) is 8.59. The zero-order chi connectivity index (χ0) is 12.0. The molecule has 0 bridgehead atoms. The van der Waals surface area contributed by atoms with Gasteiger partial charge in [-0.1, -0.05) is 12.1 Å². The van der Waals surface area contributed by atoms with Crippen LogP contribution in [0.2, 0.25) is 0 Å². The number of ether oxygens (including phenoxy) is 1. The van der Waals surface area contributed by atoms with E-state index in [0.29, 0.717) is 5.56 Å². The van der Waals surface area contributed by atoms with Crippen LogP contribution in [0, 0.1) is 11.3 Å². The minimum Gasteiger partial charge on any atom is -0.460 e. The lowest BCUT2D eigenvalue weighted by molar-refractivity contribution is -0.145. The number of hydrogen-bond acceptors (Lipinski definition) is 5. The summed E-state index contributed by atoms with van der Waals surface area (Å²) in [6.45, 7) is 0.121. The van der Waals surface area contributed by atoms with Gasteiger partial charge in [-0.2, -0.15) is 17.9 Å². The average Bonchev–Trinajstić information content (AvgIpc) is 2.35. The Morgan fingerprint density at radius 3 is 3.00 bits per heavy atom. The van der Waals surface area contributed by atoms with Crippen LogP contribution in [0.15, 0.2) is 24.3 Å². The Hall–Kier alpha value is -1.51. The summed E-state index contributed by atoms with van der Waals surface area (Å²) in [4.78, 5) is 11.2. The van der Waals surface area contributed by atoms with Gasteiger partial charge in [0.05, 0.1) is 11.6 Å². The van der Waals surface area contributed by atoms with E-state index in [1.54, 1.807) is 24.3 Å². The van der Waals surface area contributed by atoms with Gasteiger partial charge in [-0.05, 0) is 17.7 Å². The molecule has 0 aliphatic heterocycles. The maximum absolute atomic E-state index is 11.2. The van der Waals surface area contributed by atoms with Gasteiger partial charge in [-0.15, -0.1) is 0 Å². The molecule has 0 amide bonds. The molecule has 0 aliphatic rings. The van der Waals surface area contributed by atoms with Crippen molar-refractivity contribution in [3.8, 4) is 6.07 Å². The molecule has 0 saturated carbocycles. The molecule has 1 rings (SSSR count). The molecule has 16 heavy (non-hydrogen) atoms. The fourth-order valence-corrected chi connectivity index (χ4v) is 1.22. The summed E-state index contributed by atoms with van der Waals surface area (Å²) in [7, 11) is 0. The van der Waals surface area contributed by atoms with Crippen LogP contribution in [0.3, 0.4) is 0 Å². The number of nitrogens with two attached hydrogens (primary N) is 1. The van der Waals surface area contributed by atoms with E-state index in [-0.39, 0.29) is 12.4 Å². The first-order chi connectivity index (χ1) is 7.67. The quantitative estimate of drug-likeness (QED) is 0.600. The highest BCUT2D eigenvalue weighted by molar-refractivity contribution is 7.80. The summed E-state index contributed by atoms with van der Waals surface area (Å²) in [5.74, 6) is -0.241. The number of benzene rings is 1. The first-order valence-electron chi connectivity index (χ1n) is 4.69. The summed E-state index contributed by atoms with van der Waals surface area (Å²) >= 11 is 3.90. The molecule has 4 nitrogen and oxygen atoms in total. The first kappa shape index (κ1) is 12.6. The maximum atomic E-state index is 11.2. The molecule has 2 N–H and O–H groups in total. The van der Waals surface area contributed by atoms with Gasteiger partial charge in [-0.3, -0.25) is 4.79 Å². The summed E-state index contributed by atoms with van der Waals surface area (Å²) in [5, 5.41) is 8.68. The molecule has 0 saturated heterocycles. The predicted molar refractivity (Wildman–Crippen MR) is 62.8 cm³/mol. The minimum atomic E-state index is -0.706. The molecule has 0 aromatic heterocycles. The highest BCUT2D eigenvalue weighted by Crippen LogP contribution is 2.06. The smallest absolute Gasteiger partial charge is 0.324 e. The Balaban J connectivity index is 2.55. The van der Waals surface area contributed by atoms with Gasteiger partial charge >= 0.3 is 5.97 Å². The normalized spacial score (nSPS) is 11.6. The second kappa shape index (κ2) is 6.16. The van der Waals surface area contributed by atoms with Crippen molar-refractivity contribution in [3.05, 3.63) is 35.4 Å². The standard InChI is InChI=1S/C11H12N2O2S/c12-5-8-2-1-3-9(4-8)6-15-11(14)10(13)7-16/h1-4,10,16H,6-7,13H2/t10-/m0/s1. The van der Waals surface area contributed by atoms with E-state index in [2.05, 4.69) is 12.6 Å². The number of esters is 1. The molecular formula is C11H12N2O2S. The number of carbonyl (C=O) groups is 1. The number of rotatable bonds is 4. The third-order valence-corrected chi connectivity index (χ3v) is 2.33. The van der Waals surface area contributed by atoms with E-state index in [1.165, 1.54) is 0 Å². The van der Waals surface area contributed by atoms with Crippen molar-refractivity contribution in [2.24, 2.45) is 5.73 Å². The van der Waals surface area contributed by atoms with Crippen molar-refractivity contribution in [3.63, 3.8) is 0 Å². The van der Waals surface area contributed by atoms with Crippen LogP contribution in [-0.4, -0.2) is 17.8 Å². The lowest BCUT2D eigenvalue weighted by Gasteiger charge is -2.08. The molecular weight excluding hydrogens is 224 g/mol. The van der Waals surface area contributed by atoms with Crippen LogP contribution < -0.4 is 5.73 Å². The van der Waals surface area contributed by atoms with E-state index in [0.717, 1.165) is 5.56 Å². The zero-order valence-corrected chi connectivity index (χ0v) is 9.48. The number of hydrogen-bond donors (Lipinski definition) is 2. The van der Waals surface area contributed by atoms with Crippen molar-refractivity contribution < 1.29 is 9.53 Å². The summed E-state index contributed by atoms with van der Waals surface area (Å²) in [6.07, 6.45) is 0. The molecule has 0 heterocycles. The van der Waals surface area contributed by atoms with Gasteiger partial charge in [0.15, 0.2) is 0 Å². The topological polar surface area (TPSA) is 76.1 Å². The highest BCUT2D eigenvalue weighted by Gasteiger charge is 2.12. The number of nitrogens with zero attached hydrogens (tertiary/aromatic N) is 1. The molecule has 84 valence electrons. The van der Waals surface area contributed by atoms with E-state index in [1.807, 2.05) is 6.07 Å². The fourth-order valence-electron chi connectivity index (χ4n) is 1.07. The van der Waals surface area contributed by atoms with E-state index >= 15 is 0 Å². The lowest BCUT2D eigenvalue weighted by atomic mass is 10.1. The Morgan fingerprint density at radius 2 is 2.38 bits per heavy atom. The van der Waals surface area contributed by atoms with Gasteiger partial charge < -0.3 is 10.5 Å². The molecule has 1 atom stereocenters. The predicted octanol–water partition coefficient (Wildman–Crippen LogP) is 0.859. The fraction of sp³-hybridized carbons (Fsp3) is 0.273. The number of carbonyl (C=O) groups excluding carboxylic acids is 1. The second-order valence-corrected chi connectivity index (χ2v) is 3.57. The Kier molecular flexibility index (Phi) is 4.83. The monoisotopic (exact) mass is 236 g/mol. The minimum absolute atomic E-state index is 0.121. The van der Waals surface area contributed by atoms with E-state index < -0.39 is 12.0 Å². The van der Waals surface area contributed by atoms with Crippen LogP contribution in [0.5, 0.6) is 0 Å². The summed E-state index contributed by atoms with van der Waals surface area (Å²) < 4.78 is 4.96. The third-order valence-electron chi connectivity index (χ3n) is 1.94. The Morgan fingerprint density at radius 1 is 1.62 bits per heavy atom. The molecule has 1 aromatic carbocycles. The van der Waals surface area contributed by atoms with Gasteiger partial charge in [-0.25, -0.2) is 0 Å². The van der Waals surface area contributed by atoms with E-state index in [4.69, 9.17) is 15.7 Å². The van der Waals surface area contributed by atoms with Gasteiger partial charge in [0.1, 0.15) is 12.6 Å². The third kappa shape index (κ3) is 3.57. The van der Waals surface area contributed by atoms with Crippen molar-refractivity contribution in [2.75, 3.05) is 5.75 Å². The van der Waals surface area contributed by atoms with E-state index in [9.17, 15) is 4.79 Å². The average molecular weight is 236 g/mol. The van der Waals surface area contributed by atoms with Crippen molar-refractivity contribution >= 4 is 18.6 Å². The molecule has 1 aromatic rings. The lowest BCUT2D eigenvalue weighted by Crippen LogP contribution is -2.33. The Bertz CT molecular complexity index is 415. The number of thiol groups is 1. The van der Waals surface area contributed by atoms with Crippen LogP contribution >= 0.6 is 12.6 Å². The maximum Gasteiger partial charge on any atom is 0.324 e. The molecule has 0 aliphatic carbocycles. The molecule has 5 heteroatoms. The Labute approximate surface area is 99.4 Å². The van der Waals surface area contributed by atoms with Crippen LogP contribution in [0.4, 0.5) is 0 Å². The molecule has 0 unspecified atom stereocenters. The molecule has 0 fully saturated rings. The van der Waals surface area contributed by atoms with Gasteiger partial charge in [0.25, 0.3) is 0 Å². The van der Waals surface area contributed by atoms with Crippen LogP contribution in [0.25, 0.3) is 0 Å². The first-order valence-corrected chi connectivity index (χ1v) is 5.32. The van der Waals surface area contributed by atoms with Gasteiger partial charge in [0, 0.05) is 5.75 Å². The molecule has 0 radical (unpaired) electrons. The summed E-state index contributed by atoms with van der Waals surface area (Å²) in [6, 6.07) is 8.17. The van der Waals surface area contributed by atoms with Crippen molar-refractivity contribution in [1.82, 2.24) is 0 Å². The second-order valence-electron chi connectivity index (χ2n) is 3.21. The SMILES string of the molecule is N#Cc1cccc(COC(=O)[C@@H](N)CS)c1. The molecule has 0 spiro atoms. The summed E-state index contributed by atoms with van der Waals surface area (Å²) in [5.41, 5.74) is 6.73. The van der Waals surface area contributed by atoms with Crippen LogP contribution in [-0.2, 0) is 16.1 Å².